The summed E-state index contributed by atoms with van der Waals surface area (Å²) in [5.41, 5.74) is 0.353. The maximum absolute atomic E-state index is 12.9. The van der Waals surface area contributed by atoms with Crippen LogP contribution in [0.1, 0.15) is 22.8 Å². The molecule has 1 heterocycles. The van der Waals surface area contributed by atoms with Gasteiger partial charge in [0.05, 0.1) is 34.0 Å². The summed E-state index contributed by atoms with van der Waals surface area (Å²) in [5, 5.41) is 12.7. The number of hydrogen-bond donors (Lipinski definition) is 2. The third-order valence-electron chi connectivity index (χ3n) is 4.20. The van der Waals surface area contributed by atoms with Gasteiger partial charge in [-0.3, -0.25) is 14.7 Å². The molecule has 9 heteroatoms. The number of methoxy groups -OCH3 is 1. The minimum absolute atomic E-state index is 0.0625. The van der Waals surface area contributed by atoms with Crippen LogP contribution in [-0.4, -0.2) is 33.9 Å². The maximum atomic E-state index is 12.9. The zero-order valence-corrected chi connectivity index (χ0v) is 16.8. The van der Waals surface area contributed by atoms with Crippen LogP contribution >= 0.6 is 11.6 Å². The number of esters is 1. The molecule has 0 fully saturated rings. The highest BCUT2D eigenvalue weighted by Gasteiger charge is 2.13. The average molecular weight is 429 g/mol. The molecule has 0 aliphatic carbocycles. The highest BCUT2D eigenvalue weighted by atomic mass is 35.5. The topological polar surface area (TPSA) is 111 Å². The largest absolute Gasteiger partial charge is 0.493 e. The molecule has 0 atom stereocenters. The van der Waals surface area contributed by atoms with Crippen LogP contribution in [0, 0.1) is 0 Å². The van der Waals surface area contributed by atoms with Crippen molar-refractivity contribution in [2.45, 2.75) is 6.92 Å². The number of halogens is 1. The first-order valence-corrected chi connectivity index (χ1v) is 9.00. The van der Waals surface area contributed by atoms with E-state index in [1.54, 1.807) is 24.3 Å². The predicted octanol–water partition coefficient (Wildman–Crippen LogP) is 1.69. The quantitative estimate of drug-likeness (QED) is 0.472. The Kier molecular flexibility index (Phi) is 5.79. The minimum atomic E-state index is -1.21. The van der Waals surface area contributed by atoms with Crippen LogP contribution in [0.4, 0.5) is 0 Å². The van der Waals surface area contributed by atoms with E-state index in [1.807, 2.05) is 0 Å². The molecule has 0 saturated heterocycles. The summed E-state index contributed by atoms with van der Waals surface area (Å²) in [5.74, 6) is -1.11. The van der Waals surface area contributed by atoms with Gasteiger partial charge in [0.15, 0.2) is 11.5 Å². The lowest BCUT2D eigenvalue weighted by Gasteiger charge is -2.08. The van der Waals surface area contributed by atoms with Crippen LogP contribution < -0.4 is 25.6 Å². The van der Waals surface area contributed by atoms with Gasteiger partial charge in [0.2, 0.25) is 0 Å². The fourth-order valence-corrected chi connectivity index (χ4v) is 3.02. The molecule has 154 valence electrons. The highest BCUT2D eigenvalue weighted by Crippen LogP contribution is 2.28. The van der Waals surface area contributed by atoms with Crippen molar-refractivity contribution in [2.75, 3.05) is 7.11 Å². The maximum Gasteiger partial charge on any atom is 0.337 e. The van der Waals surface area contributed by atoms with Crippen LogP contribution in [0.25, 0.3) is 18.3 Å². The Balaban J connectivity index is 2.11. The van der Waals surface area contributed by atoms with Crippen molar-refractivity contribution in [3.05, 3.63) is 73.5 Å². The zero-order valence-electron chi connectivity index (χ0n) is 16.1. The highest BCUT2D eigenvalue weighted by molar-refractivity contribution is 6.33. The van der Waals surface area contributed by atoms with Crippen molar-refractivity contribution in [3.8, 4) is 17.2 Å². The Morgan fingerprint density at radius 2 is 1.93 bits per heavy atom. The molecule has 3 aromatic rings. The molecule has 0 amide bonds. The van der Waals surface area contributed by atoms with Crippen LogP contribution in [0.15, 0.2) is 41.2 Å². The van der Waals surface area contributed by atoms with Crippen molar-refractivity contribution in [1.29, 1.82) is 0 Å². The van der Waals surface area contributed by atoms with Gasteiger partial charge in [0.1, 0.15) is 0 Å². The number of carboxylic acid groups (broad SMARTS) is 1. The normalized spacial score (nSPS) is 11.4. The average Bonchev–Trinajstić information content (AvgIpc) is 2.97. The molecular formula is C21H17ClN2O6. The van der Waals surface area contributed by atoms with Gasteiger partial charge in [0.25, 0.3) is 5.56 Å². The lowest BCUT2D eigenvalue weighted by Crippen LogP contribution is -2.34. The summed E-state index contributed by atoms with van der Waals surface area (Å²) >= 11 is 5.89. The van der Waals surface area contributed by atoms with E-state index < -0.39 is 17.5 Å². The molecule has 0 saturated carbocycles. The Hall–Kier alpha value is -3.78. The Morgan fingerprint density at radius 1 is 1.20 bits per heavy atom. The molecule has 0 unspecified atom stereocenters. The first-order valence-electron chi connectivity index (χ1n) is 8.62. The smallest absolute Gasteiger partial charge is 0.337 e. The monoisotopic (exact) mass is 428 g/mol. The summed E-state index contributed by atoms with van der Waals surface area (Å²) in [4.78, 5) is 35.4. The summed E-state index contributed by atoms with van der Waals surface area (Å²) < 4.78 is 11.5. The van der Waals surface area contributed by atoms with Gasteiger partial charge < -0.3 is 14.6 Å². The van der Waals surface area contributed by atoms with E-state index in [-0.39, 0.29) is 21.6 Å². The number of aromatic amines is 1. The van der Waals surface area contributed by atoms with E-state index >= 15 is 0 Å². The molecule has 0 aliphatic rings. The van der Waals surface area contributed by atoms with E-state index in [4.69, 9.17) is 21.1 Å². The van der Waals surface area contributed by atoms with Crippen LogP contribution in [0.3, 0.4) is 0 Å². The lowest BCUT2D eigenvalue weighted by atomic mass is 10.1. The summed E-state index contributed by atoms with van der Waals surface area (Å²) in [7, 11) is 1.43. The van der Waals surface area contributed by atoms with Gasteiger partial charge >= 0.3 is 11.9 Å². The van der Waals surface area contributed by atoms with Gasteiger partial charge in [-0.05, 0) is 42.0 Å². The third kappa shape index (κ3) is 4.13. The summed E-state index contributed by atoms with van der Waals surface area (Å²) in [6.07, 6.45) is 1.59. The fraction of sp³-hybridized carbons (Fsp3) is 0.0952. The molecule has 2 N–H and O–H groups in total. The van der Waals surface area contributed by atoms with E-state index in [9.17, 15) is 19.5 Å². The van der Waals surface area contributed by atoms with E-state index in [1.165, 1.54) is 36.9 Å². The molecule has 0 aliphatic heterocycles. The number of hydrogen-bond acceptors (Lipinski definition) is 5. The minimum Gasteiger partial charge on any atom is -0.493 e. The van der Waals surface area contributed by atoms with Crippen LogP contribution in [-0.2, 0) is 4.79 Å². The molecule has 1 aromatic heterocycles. The van der Waals surface area contributed by atoms with E-state index in [0.717, 1.165) is 0 Å². The molecule has 0 radical (unpaired) electrons. The van der Waals surface area contributed by atoms with Crippen molar-refractivity contribution in [1.82, 2.24) is 9.78 Å². The number of rotatable bonds is 5. The Morgan fingerprint density at radius 3 is 2.57 bits per heavy atom. The molecule has 0 bridgehead atoms. The number of aromatic carboxylic acids is 1. The summed E-state index contributed by atoms with van der Waals surface area (Å²) in [6, 6.07) is 9.04. The van der Waals surface area contributed by atoms with Crippen LogP contribution in [0.5, 0.6) is 11.5 Å². The second-order valence-corrected chi connectivity index (χ2v) is 6.67. The van der Waals surface area contributed by atoms with Crippen molar-refractivity contribution >= 4 is 36.2 Å². The van der Waals surface area contributed by atoms with E-state index in [2.05, 4.69) is 11.7 Å². The number of nitrogens with zero attached hydrogens (tertiary/aromatic N) is 1. The number of H-pyrrole nitrogens is 1. The standard InChI is InChI=1S/C21H17ClN2O6/c1-11-15(8-13-4-7-18(30-12(2)25)19(9-13)29-3)20(26)24(23-11)14-5-6-17(22)16(10-14)21(27)28/h4-10,23H,1H2,2-3H3,(H,27,28). The van der Waals surface area contributed by atoms with Crippen molar-refractivity contribution < 1.29 is 24.2 Å². The molecule has 2 aromatic carbocycles. The van der Waals surface area contributed by atoms with Gasteiger partial charge in [-0.25, -0.2) is 9.48 Å². The van der Waals surface area contributed by atoms with Crippen molar-refractivity contribution in [3.63, 3.8) is 0 Å². The van der Waals surface area contributed by atoms with Gasteiger partial charge in [-0.1, -0.05) is 24.2 Å². The fourth-order valence-electron chi connectivity index (χ4n) is 2.82. The lowest BCUT2D eigenvalue weighted by molar-refractivity contribution is -0.132. The number of benzene rings is 2. The molecular weight excluding hydrogens is 412 g/mol. The Bertz CT molecular complexity index is 1320. The molecule has 3 rings (SSSR count). The SMILES string of the molecule is C=c1[nH]n(-c2ccc(Cl)c(C(=O)O)c2)c(=O)c1=Cc1ccc(OC(C)=O)c(OC)c1. The van der Waals surface area contributed by atoms with Crippen molar-refractivity contribution in [2.24, 2.45) is 0 Å². The second kappa shape index (κ2) is 8.30. The first-order chi connectivity index (χ1) is 14.2. The number of carbonyl (C=O) groups is 2. The number of aromatic nitrogens is 2. The van der Waals surface area contributed by atoms with E-state index in [0.29, 0.717) is 22.3 Å². The molecule has 8 nitrogen and oxygen atoms in total. The third-order valence-corrected chi connectivity index (χ3v) is 4.53. The predicted molar refractivity (Wildman–Crippen MR) is 111 cm³/mol. The number of carboxylic acids is 1. The molecule has 30 heavy (non-hydrogen) atoms. The number of nitrogens with one attached hydrogen (secondary N) is 1. The second-order valence-electron chi connectivity index (χ2n) is 6.26. The summed E-state index contributed by atoms with van der Waals surface area (Å²) in [6.45, 7) is 5.13. The van der Waals surface area contributed by atoms with Crippen LogP contribution in [0.2, 0.25) is 5.02 Å². The van der Waals surface area contributed by atoms with Gasteiger partial charge in [-0.2, -0.15) is 0 Å². The first kappa shape index (κ1) is 20.9. The zero-order chi connectivity index (χ0) is 22.0. The number of ether oxygens (including phenoxy) is 2. The van der Waals surface area contributed by atoms with Gasteiger partial charge in [0, 0.05) is 6.92 Å². The van der Waals surface area contributed by atoms with Gasteiger partial charge in [-0.15, -0.1) is 0 Å². The Labute approximate surface area is 175 Å². The molecule has 0 spiro atoms. The number of carbonyl (C=O) groups excluding carboxylic acids is 1.